The number of Topliss-reactive ketones (excluding diaryl/α,β-unsaturated/α-hetero) is 1. The Balaban J connectivity index is 1.95. The minimum Gasteiger partial charge on any atom is -0.497 e. The van der Waals surface area contributed by atoms with E-state index >= 15 is 0 Å². The van der Waals surface area contributed by atoms with Gasteiger partial charge >= 0.3 is 0 Å². The molecule has 102 valence electrons. The fraction of sp³-hybridized carbons (Fsp3) is 0.250. The lowest BCUT2D eigenvalue weighted by molar-refractivity contribution is -0.112. The summed E-state index contributed by atoms with van der Waals surface area (Å²) in [6.07, 6.45) is 4.27. The minimum atomic E-state index is -0.116. The Morgan fingerprint density at radius 1 is 1.25 bits per heavy atom. The van der Waals surface area contributed by atoms with E-state index in [-0.39, 0.29) is 11.9 Å². The second-order valence-electron chi connectivity index (χ2n) is 4.94. The first-order chi connectivity index (χ1) is 9.67. The summed E-state index contributed by atoms with van der Waals surface area (Å²) < 4.78 is 5.13. The van der Waals surface area contributed by atoms with Gasteiger partial charge in [-0.2, -0.15) is 0 Å². The number of methoxy groups -OCH3 is 1. The molecule has 0 saturated heterocycles. The first-order valence-electron chi connectivity index (χ1n) is 6.56. The van der Waals surface area contributed by atoms with E-state index in [2.05, 4.69) is 10.3 Å². The van der Waals surface area contributed by atoms with Gasteiger partial charge in [0.05, 0.1) is 7.11 Å². The first-order valence-corrected chi connectivity index (χ1v) is 6.56. The summed E-state index contributed by atoms with van der Waals surface area (Å²) in [4.78, 5) is 16.8. The Bertz CT molecular complexity index is 639. The Hall–Kier alpha value is -2.36. The second kappa shape index (κ2) is 4.96. The number of nitrogens with one attached hydrogen (secondary N) is 1. The van der Waals surface area contributed by atoms with E-state index in [1.165, 1.54) is 0 Å². The molecule has 4 nitrogen and oxygen atoms in total. The van der Waals surface area contributed by atoms with Crippen LogP contribution in [0.2, 0.25) is 0 Å². The van der Waals surface area contributed by atoms with E-state index in [1.54, 1.807) is 7.11 Å². The summed E-state index contributed by atoms with van der Waals surface area (Å²) in [6.45, 7) is 1.99. The second-order valence-corrected chi connectivity index (χ2v) is 4.94. The van der Waals surface area contributed by atoms with Gasteiger partial charge in [-0.15, -0.1) is 0 Å². The standard InChI is InChI=1S/C16H16N2O2/c1-10-3-4-12-9-14(19)15(18-16(12)17-10)11-5-7-13(20-2)8-6-11/h3-8,16-17H,9H2,1-2H3. The van der Waals surface area contributed by atoms with Gasteiger partial charge in [0.1, 0.15) is 17.6 Å². The van der Waals surface area contributed by atoms with E-state index in [0.717, 1.165) is 22.6 Å². The van der Waals surface area contributed by atoms with Gasteiger partial charge in [-0.05, 0) is 42.8 Å². The van der Waals surface area contributed by atoms with Crippen molar-refractivity contribution in [3.05, 3.63) is 53.3 Å². The van der Waals surface area contributed by atoms with Gasteiger partial charge in [0.25, 0.3) is 0 Å². The van der Waals surface area contributed by atoms with E-state index in [9.17, 15) is 4.79 Å². The number of ether oxygens (including phenoxy) is 1. The minimum absolute atomic E-state index is 0.0624. The maximum absolute atomic E-state index is 12.2. The molecule has 1 aromatic rings. The summed E-state index contributed by atoms with van der Waals surface area (Å²) >= 11 is 0. The highest BCUT2D eigenvalue weighted by Crippen LogP contribution is 2.24. The fourth-order valence-electron chi connectivity index (χ4n) is 2.41. The molecule has 2 aliphatic rings. The summed E-state index contributed by atoms with van der Waals surface area (Å²) in [5.41, 5.74) is 3.46. The Morgan fingerprint density at radius 2 is 2.00 bits per heavy atom. The molecule has 0 aliphatic carbocycles. The third kappa shape index (κ3) is 2.25. The van der Waals surface area contributed by atoms with Gasteiger partial charge in [-0.25, -0.2) is 0 Å². The fourth-order valence-corrected chi connectivity index (χ4v) is 2.41. The van der Waals surface area contributed by atoms with Crippen LogP contribution in [0.1, 0.15) is 18.9 Å². The van der Waals surface area contributed by atoms with Gasteiger partial charge in [-0.3, -0.25) is 9.79 Å². The van der Waals surface area contributed by atoms with Crippen LogP contribution in [0.5, 0.6) is 5.75 Å². The number of dihydropyridines is 1. The number of ketones is 1. The van der Waals surface area contributed by atoms with Crippen molar-refractivity contribution in [3.8, 4) is 5.75 Å². The van der Waals surface area contributed by atoms with Crippen LogP contribution < -0.4 is 10.1 Å². The normalized spacial score (nSPS) is 21.2. The highest BCUT2D eigenvalue weighted by molar-refractivity contribution is 6.47. The van der Waals surface area contributed by atoms with Crippen LogP contribution in [0.4, 0.5) is 0 Å². The summed E-state index contributed by atoms with van der Waals surface area (Å²) in [7, 11) is 1.62. The molecule has 0 spiro atoms. The van der Waals surface area contributed by atoms with Crippen molar-refractivity contribution in [2.24, 2.45) is 4.99 Å². The predicted molar refractivity (Wildman–Crippen MR) is 77.9 cm³/mol. The zero-order chi connectivity index (χ0) is 14.1. The molecule has 3 rings (SSSR count). The van der Waals surface area contributed by atoms with Gasteiger partial charge in [0, 0.05) is 17.7 Å². The monoisotopic (exact) mass is 268 g/mol. The third-order valence-electron chi connectivity index (χ3n) is 3.51. The quantitative estimate of drug-likeness (QED) is 0.894. The predicted octanol–water partition coefficient (Wildman–Crippen LogP) is 2.22. The van der Waals surface area contributed by atoms with Crippen molar-refractivity contribution >= 4 is 11.5 Å². The molecule has 0 saturated carbocycles. The van der Waals surface area contributed by atoms with Gasteiger partial charge < -0.3 is 10.1 Å². The van der Waals surface area contributed by atoms with Crippen LogP contribution in [0, 0.1) is 0 Å². The van der Waals surface area contributed by atoms with Crippen LogP contribution >= 0.6 is 0 Å². The molecule has 0 fully saturated rings. The topological polar surface area (TPSA) is 50.7 Å². The molecule has 0 bridgehead atoms. The lowest BCUT2D eigenvalue weighted by atomic mass is 9.93. The van der Waals surface area contributed by atoms with E-state index in [4.69, 9.17) is 4.74 Å². The van der Waals surface area contributed by atoms with E-state index < -0.39 is 0 Å². The van der Waals surface area contributed by atoms with Crippen LogP contribution in [-0.4, -0.2) is 24.8 Å². The number of nitrogens with zero attached hydrogens (tertiary/aromatic N) is 1. The molecule has 1 unspecified atom stereocenters. The van der Waals surface area contributed by atoms with Crippen molar-refractivity contribution in [2.75, 3.05) is 7.11 Å². The zero-order valence-electron chi connectivity index (χ0n) is 11.5. The summed E-state index contributed by atoms with van der Waals surface area (Å²) in [5.74, 6) is 0.834. The number of benzene rings is 1. The summed E-state index contributed by atoms with van der Waals surface area (Å²) in [6, 6.07) is 7.43. The Morgan fingerprint density at radius 3 is 2.70 bits per heavy atom. The number of hydrogen-bond donors (Lipinski definition) is 1. The van der Waals surface area contributed by atoms with E-state index in [0.29, 0.717) is 12.1 Å². The van der Waals surface area contributed by atoms with Crippen molar-refractivity contribution in [1.82, 2.24) is 5.32 Å². The highest BCUT2D eigenvalue weighted by atomic mass is 16.5. The highest BCUT2D eigenvalue weighted by Gasteiger charge is 2.28. The lowest BCUT2D eigenvalue weighted by Crippen LogP contribution is -2.37. The largest absolute Gasteiger partial charge is 0.497 e. The maximum Gasteiger partial charge on any atom is 0.185 e. The number of allylic oxidation sites excluding steroid dienone is 3. The van der Waals surface area contributed by atoms with Crippen molar-refractivity contribution < 1.29 is 9.53 Å². The summed E-state index contributed by atoms with van der Waals surface area (Å²) in [5, 5.41) is 3.29. The Labute approximate surface area is 117 Å². The molecular formula is C16H16N2O2. The number of fused-ring (bicyclic) bond motifs is 1. The van der Waals surface area contributed by atoms with Gasteiger partial charge in [0.2, 0.25) is 0 Å². The van der Waals surface area contributed by atoms with E-state index in [1.807, 2.05) is 43.3 Å². The molecule has 2 heterocycles. The van der Waals surface area contributed by atoms with Crippen LogP contribution in [-0.2, 0) is 4.79 Å². The molecule has 2 aliphatic heterocycles. The number of hydrogen-bond acceptors (Lipinski definition) is 4. The number of rotatable bonds is 2. The zero-order valence-corrected chi connectivity index (χ0v) is 11.5. The molecule has 0 radical (unpaired) electrons. The average molecular weight is 268 g/mol. The Kier molecular flexibility index (Phi) is 3.14. The molecule has 0 amide bonds. The number of carbonyl (C=O) groups excluding carboxylic acids is 1. The SMILES string of the molecule is COc1ccc(C2=NC3NC(C)=CC=C3CC2=O)cc1. The first kappa shape index (κ1) is 12.7. The van der Waals surface area contributed by atoms with Gasteiger partial charge in [0.15, 0.2) is 5.78 Å². The number of aliphatic imine (C=N–C) groups is 1. The number of carbonyl (C=O) groups is 1. The molecule has 1 atom stereocenters. The van der Waals surface area contributed by atoms with Crippen molar-refractivity contribution in [1.29, 1.82) is 0 Å². The van der Waals surface area contributed by atoms with Gasteiger partial charge in [-0.1, -0.05) is 6.08 Å². The van der Waals surface area contributed by atoms with Crippen LogP contribution in [0.3, 0.4) is 0 Å². The molecule has 1 N–H and O–H groups in total. The average Bonchev–Trinajstić information content (AvgIpc) is 2.47. The van der Waals surface area contributed by atoms with Crippen LogP contribution in [0.25, 0.3) is 0 Å². The smallest absolute Gasteiger partial charge is 0.185 e. The van der Waals surface area contributed by atoms with Crippen molar-refractivity contribution in [2.45, 2.75) is 19.5 Å². The molecule has 20 heavy (non-hydrogen) atoms. The third-order valence-corrected chi connectivity index (χ3v) is 3.51. The molecule has 0 aromatic heterocycles. The molecular weight excluding hydrogens is 252 g/mol. The molecule has 4 heteroatoms. The maximum atomic E-state index is 12.2. The van der Waals surface area contributed by atoms with Crippen molar-refractivity contribution in [3.63, 3.8) is 0 Å². The van der Waals surface area contributed by atoms with Crippen LogP contribution in [0.15, 0.2) is 52.7 Å². The molecule has 1 aromatic carbocycles. The lowest BCUT2D eigenvalue weighted by Gasteiger charge is -2.27.